The van der Waals surface area contributed by atoms with Gasteiger partial charge in [0.25, 0.3) is 0 Å². The Kier molecular flexibility index (Phi) is 5.55. The molecule has 1 amide bonds. The number of hydrogen-bond donors (Lipinski definition) is 1. The SMILES string of the molecule is O=C(CCC(=O)N1CCC(C(=O)O)CC1)c1ccc(Cl)cc1. The summed E-state index contributed by atoms with van der Waals surface area (Å²) in [5.41, 5.74) is 0.543. The summed E-state index contributed by atoms with van der Waals surface area (Å²) >= 11 is 5.77. The Bertz CT molecular complexity index is 562. The third-order valence-electron chi connectivity index (χ3n) is 3.93. The molecule has 0 atom stereocenters. The normalized spacial score (nSPS) is 15.6. The zero-order valence-electron chi connectivity index (χ0n) is 12.1. The maximum absolute atomic E-state index is 12.1. The van der Waals surface area contributed by atoms with Crippen molar-refractivity contribution in [2.75, 3.05) is 13.1 Å². The Balaban J connectivity index is 1.79. The van der Waals surface area contributed by atoms with Crippen LogP contribution in [0.4, 0.5) is 0 Å². The van der Waals surface area contributed by atoms with Crippen LogP contribution in [0.1, 0.15) is 36.0 Å². The summed E-state index contributed by atoms with van der Waals surface area (Å²) in [4.78, 5) is 36.6. The van der Waals surface area contributed by atoms with E-state index in [0.717, 1.165) is 0 Å². The molecule has 0 saturated carbocycles. The predicted molar refractivity (Wildman–Crippen MR) is 82.0 cm³/mol. The van der Waals surface area contributed by atoms with Crippen LogP contribution < -0.4 is 0 Å². The van der Waals surface area contributed by atoms with Crippen molar-refractivity contribution in [1.82, 2.24) is 4.90 Å². The Morgan fingerprint density at radius 2 is 1.68 bits per heavy atom. The van der Waals surface area contributed by atoms with Gasteiger partial charge in [-0.3, -0.25) is 14.4 Å². The molecule has 6 heteroatoms. The minimum Gasteiger partial charge on any atom is -0.481 e. The quantitative estimate of drug-likeness (QED) is 0.845. The van der Waals surface area contributed by atoms with Crippen LogP contribution in [0.3, 0.4) is 0 Å². The lowest BCUT2D eigenvalue weighted by Crippen LogP contribution is -2.40. The maximum atomic E-state index is 12.1. The highest BCUT2D eigenvalue weighted by molar-refractivity contribution is 6.30. The average molecular weight is 324 g/mol. The van der Waals surface area contributed by atoms with Gasteiger partial charge < -0.3 is 10.0 Å². The number of aliphatic carboxylic acids is 1. The molecule has 2 rings (SSSR count). The number of amides is 1. The highest BCUT2D eigenvalue weighted by atomic mass is 35.5. The Morgan fingerprint density at radius 1 is 1.09 bits per heavy atom. The number of ketones is 1. The van der Waals surface area contributed by atoms with Crippen LogP contribution in [0.25, 0.3) is 0 Å². The summed E-state index contributed by atoms with van der Waals surface area (Å²) in [7, 11) is 0. The molecule has 0 bridgehead atoms. The Hall–Kier alpha value is -1.88. The molecule has 1 aliphatic rings. The molecule has 1 N–H and O–H groups in total. The number of carbonyl (C=O) groups is 3. The van der Waals surface area contributed by atoms with Crippen LogP contribution in [0.15, 0.2) is 24.3 Å². The predicted octanol–water partition coefficient (Wildman–Crippen LogP) is 2.63. The van der Waals surface area contributed by atoms with Crippen molar-refractivity contribution in [3.05, 3.63) is 34.9 Å². The fourth-order valence-corrected chi connectivity index (χ4v) is 2.66. The van der Waals surface area contributed by atoms with E-state index in [1.54, 1.807) is 29.2 Å². The largest absolute Gasteiger partial charge is 0.481 e. The molecule has 0 aromatic heterocycles. The molecule has 1 saturated heterocycles. The standard InChI is InChI=1S/C16H18ClNO4/c17-13-3-1-11(2-4-13)14(19)5-6-15(20)18-9-7-12(8-10-18)16(21)22/h1-4,12H,5-10H2,(H,21,22). The van der Waals surface area contributed by atoms with Gasteiger partial charge in [-0.05, 0) is 37.1 Å². The van der Waals surface area contributed by atoms with Crippen molar-refractivity contribution >= 4 is 29.3 Å². The van der Waals surface area contributed by atoms with Crippen molar-refractivity contribution in [3.8, 4) is 0 Å². The van der Waals surface area contributed by atoms with E-state index >= 15 is 0 Å². The molecule has 0 spiro atoms. The van der Waals surface area contributed by atoms with Crippen LogP contribution >= 0.6 is 11.6 Å². The lowest BCUT2D eigenvalue weighted by molar-refractivity contribution is -0.145. The Labute approximate surface area is 133 Å². The van der Waals surface area contributed by atoms with E-state index in [0.29, 0.717) is 36.5 Å². The van der Waals surface area contributed by atoms with Crippen LogP contribution in [-0.4, -0.2) is 40.8 Å². The van der Waals surface area contributed by atoms with Gasteiger partial charge in [0.05, 0.1) is 5.92 Å². The molecule has 22 heavy (non-hydrogen) atoms. The first kappa shape index (κ1) is 16.5. The minimum absolute atomic E-state index is 0.0915. The van der Waals surface area contributed by atoms with Crippen LogP contribution in [0.2, 0.25) is 5.02 Å². The number of rotatable bonds is 5. The molecule has 1 fully saturated rings. The van der Waals surface area contributed by atoms with Gasteiger partial charge in [-0.25, -0.2) is 0 Å². The second-order valence-electron chi connectivity index (χ2n) is 5.42. The van der Waals surface area contributed by atoms with Crippen molar-refractivity contribution in [2.45, 2.75) is 25.7 Å². The molecular weight excluding hydrogens is 306 g/mol. The summed E-state index contributed by atoms with van der Waals surface area (Å²) in [5.74, 6) is -1.35. The van der Waals surface area contributed by atoms with Gasteiger partial charge in [0, 0.05) is 36.5 Å². The van der Waals surface area contributed by atoms with E-state index in [2.05, 4.69) is 0 Å². The molecule has 5 nitrogen and oxygen atoms in total. The van der Waals surface area contributed by atoms with Gasteiger partial charge in [-0.2, -0.15) is 0 Å². The second kappa shape index (κ2) is 7.40. The number of halogens is 1. The number of nitrogens with zero attached hydrogens (tertiary/aromatic N) is 1. The number of carbonyl (C=O) groups excluding carboxylic acids is 2. The molecule has 1 heterocycles. The lowest BCUT2D eigenvalue weighted by Gasteiger charge is -2.30. The van der Waals surface area contributed by atoms with Gasteiger partial charge in [0.1, 0.15) is 0 Å². The molecular formula is C16H18ClNO4. The number of carboxylic acids is 1. The van der Waals surface area contributed by atoms with Gasteiger partial charge in [-0.1, -0.05) is 11.6 Å². The molecule has 0 aliphatic carbocycles. The van der Waals surface area contributed by atoms with E-state index < -0.39 is 5.97 Å². The molecule has 0 unspecified atom stereocenters. The summed E-state index contributed by atoms with van der Waals surface area (Å²) in [5, 5.41) is 9.49. The summed E-state index contributed by atoms with van der Waals surface area (Å²) in [6, 6.07) is 6.58. The van der Waals surface area contributed by atoms with Gasteiger partial charge in [0.2, 0.25) is 5.91 Å². The highest BCUT2D eigenvalue weighted by Crippen LogP contribution is 2.19. The first-order valence-corrected chi connectivity index (χ1v) is 7.64. The second-order valence-corrected chi connectivity index (χ2v) is 5.86. The molecule has 1 aliphatic heterocycles. The van der Waals surface area contributed by atoms with E-state index in [1.807, 2.05) is 0 Å². The van der Waals surface area contributed by atoms with E-state index in [9.17, 15) is 14.4 Å². The number of benzene rings is 1. The lowest BCUT2D eigenvalue weighted by atomic mass is 9.96. The van der Waals surface area contributed by atoms with Crippen LogP contribution in [0.5, 0.6) is 0 Å². The van der Waals surface area contributed by atoms with Crippen LogP contribution in [0, 0.1) is 5.92 Å². The topological polar surface area (TPSA) is 74.7 Å². The van der Waals surface area contributed by atoms with Crippen LogP contribution in [-0.2, 0) is 9.59 Å². The maximum Gasteiger partial charge on any atom is 0.306 e. The van der Waals surface area contributed by atoms with Gasteiger partial charge in [0.15, 0.2) is 5.78 Å². The fourth-order valence-electron chi connectivity index (χ4n) is 2.53. The fraction of sp³-hybridized carbons (Fsp3) is 0.438. The molecule has 1 aromatic rings. The minimum atomic E-state index is -0.801. The third-order valence-corrected chi connectivity index (χ3v) is 4.18. The van der Waals surface area contributed by atoms with Crippen molar-refractivity contribution < 1.29 is 19.5 Å². The first-order chi connectivity index (χ1) is 10.5. The monoisotopic (exact) mass is 323 g/mol. The van der Waals surface area contributed by atoms with Crippen molar-refractivity contribution in [2.24, 2.45) is 5.92 Å². The van der Waals surface area contributed by atoms with Crippen molar-refractivity contribution in [3.63, 3.8) is 0 Å². The van der Waals surface area contributed by atoms with Gasteiger partial charge in [-0.15, -0.1) is 0 Å². The summed E-state index contributed by atoms with van der Waals surface area (Å²) < 4.78 is 0. The summed E-state index contributed by atoms with van der Waals surface area (Å²) in [6.07, 6.45) is 1.26. The summed E-state index contributed by atoms with van der Waals surface area (Å²) in [6.45, 7) is 0.899. The van der Waals surface area contributed by atoms with E-state index in [-0.39, 0.29) is 30.4 Å². The number of Topliss-reactive ketones (excluding diaryl/α,β-unsaturated/α-hetero) is 1. The number of likely N-dealkylation sites (tertiary alicyclic amines) is 1. The van der Waals surface area contributed by atoms with E-state index in [4.69, 9.17) is 16.7 Å². The molecule has 0 radical (unpaired) electrons. The van der Waals surface area contributed by atoms with Gasteiger partial charge >= 0.3 is 5.97 Å². The number of hydrogen-bond acceptors (Lipinski definition) is 3. The van der Waals surface area contributed by atoms with E-state index in [1.165, 1.54) is 0 Å². The Morgan fingerprint density at radius 3 is 2.23 bits per heavy atom. The number of carboxylic acid groups (broad SMARTS) is 1. The molecule has 118 valence electrons. The first-order valence-electron chi connectivity index (χ1n) is 7.26. The smallest absolute Gasteiger partial charge is 0.306 e. The highest BCUT2D eigenvalue weighted by Gasteiger charge is 2.26. The number of piperidine rings is 1. The van der Waals surface area contributed by atoms with Crippen molar-refractivity contribution in [1.29, 1.82) is 0 Å². The zero-order valence-corrected chi connectivity index (χ0v) is 12.9. The zero-order chi connectivity index (χ0) is 16.1. The molecule has 1 aromatic carbocycles. The third kappa shape index (κ3) is 4.31. The average Bonchev–Trinajstić information content (AvgIpc) is 2.53.